The molecule has 2 heterocycles. The fourth-order valence-corrected chi connectivity index (χ4v) is 2.34. The van der Waals surface area contributed by atoms with Crippen LogP contribution in [0, 0.1) is 0 Å². The van der Waals surface area contributed by atoms with Gasteiger partial charge in [-0.3, -0.25) is 0 Å². The molecule has 2 N–H and O–H groups in total. The van der Waals surface area contributed by atoms with Crippen molar-refractivity contribution in [3.63, 3.8) is 0 Å². The third-order valence-corrected chi connectivity index (χ3v) is 3.32. The van der Waals surface area contributed by atoms with Gasteiger partial charge in [-0.25, -0.2) is 9.97 Å². The van der Waals surface area contributed by atoms with Crippen molar-refractivity contribution in [3.05, 3.63) is 24.2 Å². The molecule has 0 bridgehead atoms. The minimum absolute atomic E-state index is 0.0369. The van der Waals surface area contributed by atoms with Gasteiger partial charge in [0.15, 0.2) is 5.65 Å². The fourth-order valence-electron chi connectivity index (χ4n) is 2.34. The van der Waals surface area contributed by atoms with Crippen molar-refractivity contribution < 1.29 is 0 Å². The smallest absolute Gasteiger partial charge is 0.160 e. The van der Waals surface area contributed by atoms with Crippen LogP contribution in [-0.2, 0) is 0 Å². The molecule has 1 aliphatic rings. The van der Waals surface area contributed by atoms with E-state index in [2.05, 4.69) is 21.5 Å². The molecule has 4 heteroatoms. The van der Waals surface area contributed by atoms with E-state index in [1.165, 1.54) is 12.8 Å². The molecule has 0 radical (unpaired) electrons. The van der Waals surface area contributed by atoms with Crippen molar-refractivity contribution in [3.8, 4) is 0 Å². The van der Waals surface area contributed by atoms with Gasteiger partial charge in [-0.05, 0) is 31.4 Å². The Morgan fingerprint density at radius 3 is 3.06 bits per heavy atom. The lowest BCUT2D eigenvalue weighted by Crippen LogP contribution is -2.16. The number of nitrogens with two attached hydrogens (primary N) is 1. The first-order valence-electron chi connectivity index (χ1n) is 6.39. The van der Waals surface area contributed by atoms with Crippen LogP contribution in [0.3, 0.4) is 0 Å². The number of aromatic nitrogens is 3. The minimum Gasteiger partial charge on any atom is -0.321 e. The normalized spacial score (nSPS) is 17.5. The number of imidazole rings is 1. The molecule has 4 nitrogen and oxygen atoms in total. The topological polar surface area (TPSA) is 56.7 Å². The summed E-state index contributed by atoms with van der Waals surface area (Å²) in [5, 5.41) is 0. The summed E-state index contributed by atoms with van der Waals surface area (Å²) in [6.07, 6.45) is 6.36. The molecule has 17 heavy (non-hydrogen) atoms. The molecular formula is C13H18N4. The highest BCUT2D eigenvalue weighted by molar-refractivity contribution is 5.71. The Labute approximate surface area is 101 Å². The summed E-state index contributed by atoms with van der Waals surface area (Å²) >= 11 is 0. The van der Waals surface area contributed by atoms with Crippen LogP contribution in [0.4, 0.5) is 0 Å². The minimum atomic E-state index is 0.0369. The van der Waals surface area contributed by atoms with Gasteiger partial charge >= 0.3 is 0 Å². The van der Waals surface area contributed by atoms with Gasteiger partial charge in [0.2, 0.25) is 0 Å². The van der Waals surface area contributed by atoms with Crippen LogP contribution in [0.25, 0.3) is 11.2 Å². The molecule has 1 saturated carbocycles. The maximum Gasteiger partial charge on any atom is 0.160 e. The lowest BCUT2D eigenvalue weighted by Gasteiger charge is -2.12. The maximum atomic E-state index is 6.22. The summed E-state index contributed by atoms with van der Waals surface area (Å²) in [5.74, 6) is 1.02. The van der Waals surface area contributed by atoms with Gasteiger partial charge < -0.3 is 10.3 Å². The molecule has 1 fully saturated rings. The van der Waals surface area contributed by atoms with E-state index in [-0.39, 0.29) is 6.04 Å². The van der Waals surface area contributed by atoms with Crippen molar-refractivity contribution in [1.82, 2.24) is 14.5 Å². The second kappa shape index (κ2) is 4.11. The quantitative estimate of drug-likeness (QED) is 0.878. The highest BCUT2D eigenvalue weighted by atomic mass is 15.2. The maximum absolute atomic E-state index is 6.22. The van der Waals surface area contributed by atoms with Crippen LogP contribution in [0.2, 0.25) is 0 Å². The first kappa shape index (κ1) is 10.7. The fraction of sp³-hybridized carbons (Fsp3) is 0.538. The average molecular weight is 230 g/mol. The zero-order valence-corrected chi connectivity index (χ0v) is 10.1. The van der Waals surface area contributed by atoms with Crippen LogP contribution >= 0.6 is 0 Å². The molecule has 90 valence electrons. The standard InChI is InChI=1S/C13H18N4/c1-2-4-10(14)12-16-11-5-3-8-15-13(11)17(12)9-6-7-9/h3,5,8-10H,2,4,6-7,14H2,1H3. The SMILES string of the molecule is CCCC(N)c1nc2cccnc2n1C1CC1. The van der Waals surface area contributed by atoms with E-state index >= 15 is 0 Å². The molecule has 0 aromatic carbocycles. The molecule has 0 aliphatic heterocycles. The molecule has 1 aliphatic carbocycles. The second-order valence-electron chi connectivity index (χ2n) is 4.81. The third-order valence-electron chi connectivity index (χ3n) is 3.32. The lowest BCUT2D eigenvalue weighted by molar-refractivity contribution is 0.560. The Hall–Kier alpha value is -1.42. The summed E-state index contributed by atoms with van der Waals surface area (Å²) in [7, 11) is 0. The van der Waals surface area contributed by atoms with E-state index in [1.54, 1.807) is 0 Å². The summed E-state index contributed by atoms with van der Waals surface area (Å²) in [6, 6.07) is 4.56. The molecule has 2 aromatic rings. The Kier molecular flexibility index (Phi) is 2.59. The van der Waals surface area contributed by atoms with Gasteiger partial charge in [-0.15, -0.1) is 0 Å². The van der Waals surface area contributed by atoms with E-state index in [0.29, 0.717) is 6.04 Å². The summed E-state index contributed by atoms with van der Waals surface area (Å²) in [6.45, 7) is 2.15. The van der Waals surface area contributed by atoms with Crippen molar-refractivity contribution in [2.45, 2.75) is 44.7 Å². The lowest BCUT2D eigenvalue weighted by atomic mass is 10.2. The summed E-state index contributed by atoms with van der Waals surface area (Å²) in [5.41, 5.74) is 8.19. The molecule has 0 saturated heterocycles. The highest BCUT2D eigenvalue weighted by Crippen LogP contribution is 2.39. The number of rotatable bonds is 4. The first-order valence-corrected chi connectivity index (χ1v) is 6.39. The zero-order chi connectivity index (χ0) is 11.8. The van der Waals surface area contributed by atoms with Gasteiger partial charge in [0.1, 0.15) is 11.3 Å². The molecular weight excluding hydrogens is 212 g/mol. The van der Waals surface area contributed by atoms with Gasteiger partial charge in [0.05, 0.1) is 6.04 Å². The van der Waals surface area contributed by atoms with Crippen LogP contribution < -0.4 is 5.73 Å². The van der Waals surface area contributed by atoms with Gasteiger partial charge in [-0.2, -0.15) is 0 Å². The number of nitrogens with zero attached hydrogens (tertiary/aromatic N) is 3. The van der Waals surface area contributed by atoms with Crippen LogP contribution in [0.1, 0.15) is 50.5 Å². The summed E-state index contributed by atoms with van der Waals surface area (Å²) in [4.78, 5) is 9.12. The average Bonchev–Trinajstić information content (AvgIpc) is 3.09. The summed E-state index contributed by atoms with van der Waals surface area (Å²) < 4.78 is 2.26. The molecule has 2 aromatic heterocycles. The van der Waals surface area contributed by atoms with E-state index in [9.17, 15) is 0 Å². The van der Waals surface area contributed by atoms with E-state index in [0.717, 1.165) is 29.8 Å². The number of fused-ring (bicyclic) bond motifs is 1. The third kappa shape index (κ3) is 1.82. The Morgan fingerprint density at radius 2 is 2.35 bits per heavy atom. The largest absolute Gasteiger partial charge is 0.321 e. The highest BCUT2D eigenvalue weighted by Gasteiger charge is 2.30. The molecule has 1 atom stereocenters. The Morgan fingerprint density at radius 1 is 1.53 bits per heavy atom. The van der Waals surface area contributed by atoms with Gasteiger partial charge in [0.25, 0.3) is 0 Å². The van der Waals surface area contributed by atoms with Crippen LogP contribution in [0.15, 0.2) is 18.3 Å². The number of hydrogen-bond donors (Lipinski definition) is 1. The van der Waals surface area contributed by atoms with E-state index in [4.69, 9.17) is 5.73 Å². The van der Waals surface area contributed by atoms with Crippen LogP contribution in [0.5, 0.6) is 0 Å². The zero-order valence-electron chi connectivity index (χ0n) is 10.1. The number of pyridine rings is 1. The van der Waals surface area contributed by atoms with E-state index < -0.39 is 0 Å². The predicted molar refractivity (Wildman–Crippen MR) is 67.6 cm³/mol. The molecule has 1 unspecified atom stereocenters. The monoisotopic (exact) mass is 230 g/mol. The number of hydrogen-bond acceptors (Lipinski definition) is 3. The molecule has 0 spiro atoms. The molecule has 0 amide bonds. The Bertz CT molecular complexity index is 527. The van der Waals surface area contributed by atoms with Crippen molar-refractivity contribution in [2.75, 3.05) is 0 Å². The second-order valence-corrected chi connectivity index (χ2v) is 4.81. The van der Waals surface area contributed by atoms with Crippen molar-refractivity contribution in [1.29, 1.82) is 0 Å². The van der Waals surface area contributed by atoms with E-state index in [1.807, 2.05) is 18.3 Å². The first-order chi connectivity index (χ1) is 8.31. The van der Waals surface area contributed by atoms with Crippen LogP contribution in [-0.4, -0.2) is 14.5 Å². The van der Waals surface area contributed by atoms with Crippen molar-refractivity contribution in [2.24, 2.45) is 5.73 Å². The van der Waals surface area contributed by atoms with Gasteiger partial charge in [-0.1, -0.05) is 13.3 Å². The Balaban J connectivity index is 2.12. The molecule has 3 rings (SSSR count). The van der Waals surface area contributed by atoms with Crippen molar-refractivity contribution >= 4 is 11.2 Å². The van der Waals surface area contributed by atoms with Gasteiger partial charge in [0, 0.05) is 12.2 Å². The predicted octanol–water partition coefficient (Wildman–Crippen LogP) is 2.57.